The molecule has 4 aromatic carbocycles. The zero-order valence-electron chi connectivity index (χ0n) is 24.4. The number of benzene rings is 4. The molecule has 0 atom stereocenters. The summed E-state index contributed by atoms with van der Waals surface area (Å²) in [7, 11) is -7.26. The Bertz CT molecular complexity index is 2020. The number of thioether (sulfide) groups is 1. The van der Waals surface area contributed by atoms with Crippen LogP contribution in [-0.2, 0) is 29.6 Å². The molecule has 4 aromatic rings. The molecule has 4 rings (SSSR count). The van der Waals surface area contributed by atoms with Gasteiger partial charge in [-0.1, -0.05) is 24.3 Å². The van der Waals surface area contributed by atoms with E-state index in [1.54, 1.807) is 36.4 Å². The van der Waals surface area contributed by atoms with E-state index in [1.807, 2.05) is 0 Å². The number of nitrogens with zero attached hydrogens (tertiary/aromatic N) is 3. The average Bonchev–Trinajstić information content (AvgIpc) is 3.04. The maximum atomic E-state index is 14.0. The van der Waals surface area contributed by atoms with Crippen LogP contribution in [0.5, 0.6) is 5.75 Å². The van der Waals surface area contributed by atoms with Gasteiger partial charge in [0.25, 0.3) is 20.0 Å². The van der Waals surface area contributed by atoms with Gasteiger partial charge in [-0.2, -0.15) is 0 Å². The minimum Gasteiger partial charge on any atom is -0.497 e. The van der Waals surface area contributed by atoms with Gasteiger partial charge in [0.1, 0.15) is 18.8 Å². The number of hydrogen-bond acceptors (Lipinski definition) is 10. The zero-order valence-corrected chi connectivity index (χ0v) is 27.7. The number of sulfonamides is 2. The first-order valence-electron chi connectivity index (χ1n) is 13.4. The van der Waals surface area contributed by atoms with Crippen molar-refractivity contribution >= 4 is 83.1 Å². The van der Waals surface area contributed by atoms with Crippen molar-refractivity contribution in [3.8, 4) is 5.75 Å². The number of carbonyl (C=O) groups excluding carboxylic acids is 2. The number of anilines is 2. The Morgan fingerprint density at radius 1 is 0.783 bits per heavy atom. The van der Waals surface area contributed by atoms with Gasteiger partial charge in [0, 0.05) is 21.4 Å². The van der Waals surface area contributed by atoms with Crippen molar-refractivity contribution in [3.05, 3.63) is 84.9 Å². The summed E-state index contributed by atoms with van der Waals surface area (Å²) >= 11 is 6.01. The quantitative estimate of drug-likeness (QED) is 0.0813. The Morgan fingerprint density at radius 2 is 1.24 bits per heavy atom. The normalized spacial score (nSPS) is 11.4. The van der Waals surface area contributed by atoms with Crippen molar-refractivity contribution in [2.45, 2.75) is 14.7 Å². The molecular weight excluding hydrogens is 671 g/mol. The summed E-state index contributed by atoms with van der Waals surface area (Å²) in [6.45, 7) is -0.946. The van der Waals surface area contributed by atoms with E-state index in [4.69, 9.17) is 16.2 Å². The molecule has 0 saturated heterocycles. The molecular formula is C30H29N5O7S4. The van der Waals surface area contributed by atoms with Crippen molar-refractivity contribution in [3.63, 3.8) is 0 Å². The van der Waals surface area contributed by atoms with Crippen molar-refractivity contribution < 1.29 is 31.2 Å². The van der Waals surface area contributed by atoms with Crippen LogP contribution < -0.4 is 24.8 Å². The van der Waals surface area contributed by atoms with E-state index >= 15 is 0 Å². The Labute approximate surface area is 276 Å². The minimum atomic E-state index is -4.35. The SMILES string of the molecule is COc1ccc(S(=O)(=O)N(CC(N)=O)c2ccc(N(CC(N)=O)S(=O)(=O)c3ccc(SCCN=C=S)cc3)c3ccccc23)cc1. The van der Waals surface area contributed by atoms with Gasteiger partial charge >= 0.3 is 0 Å². The lowest BCUT2D eigenvalue weighted by Gasteiger charge is -2.28. The van der Waals surface area contributed by atoms with Crippen LogP contribution in [0.4, 0.5) is 11.4 Å². The van der Waals surface area contributed by atoms with Gasteiger partial charge in [0.2, 0.25) is 11.8 Å². The van der Waals surface area contributed by atoms with E-state index in [0.29, 0.717) is 18.0 Å². The molecule has 0 bridgehead atoms. The molecule has 0 aliphatic heterocycles. The Balaban J connectivity index is 1.83. The number of primary amides is 2. The third-order valence-corrected chi connectivity index (χ3v) is 11.3. The smallest absolute Gasteiger partial charge is 0.264 e. The fraction of sp³-hybridized carbons (Fsp3) is 0.167. The van der Waals surface area contributed by atoms with Gasteiger partial charge < -0.3 is 16.2 Å². The number of fused-ring (bicyclic) bond motifs is 1. The van der Waals surface area contributed by atoms with Crippen LogP contribution in [0.15, 0.2) is 105 Å². The first-order chi connectivity index (χ1) is 21.9. The Kier molecular flexibility index (Phi) is 11.0. The second kappa shape index (κ2) is 14.7. The zero-order chi connectivity index (χ0) is 33.5. The van der Waals surface area contributed by atoms with Crippen LogP contribution in [0.25, 0.3) is 10.8 Å². The number of ether oxygens (including phenoxy) is 1. The Hall–Kier alpha value is -4.47. The summed E-state index contributed by atoms with van der Waals surface area (Å²) in [6.07, 6.45) is 0. The van der Waals surface area contributed by atoms with Gasteiger partial charge in [-0.05, 0) is 72.9 Å². The average molecular weight is 700 g/mol. The highest BCUT2D eigenvalue weighted by molar-refractivity contribution is 7.99. The summed E-state index contributed by atoms with van der Waals surface area (Å²) in [5.74, 6) is -0.796. The van der Waals surface area contributed by atoms with Crippen molar-refractivity contribution in [2.75, 3.05) is 41.1 Å². The van der Waals surface area contributed by atoms with Crippen LogP contribution in [0.2, 0.25) is 0 Å². The van der Waals surface area contributed by atoms with E-state index in [-0.39, 0.29) is 31.9 Å². The van der Waals surface area contributed by atoms with Gasteiger partial charge in [-0.25, -0.2) is 21.8 Å². The highest BCUT2D eigenvalue weighted by atomic mass is 32.2. The number of nitrogens with two attached hydrogens (primary N) is 2. The minimum absolute atomic E-state index is 0.0599. The van der Waals surface area contributed by atoms with Crippen LogP contribution in [0.1, 0.15) is 0 Å². The first kappa shape index (κ1) is 34.4. The molecule has 16 heteroatoms. The van der Waals surface area contributed by atoms with Crippen LogP contribution in [0, 0.1) is 0 Å². The molecule has 0 heterocycles. The van der Waals surface area contributed by atoms with Crippen LogP contribution >= 0.6 is 24.0 Å². The van der Waals surface area contributed by atoms with Gasteiger partial charge in [-0.3, -0.25) is 18.2 Å². The fourth-order valence-corrected chi connectivity index (χ4v) is 8.29. The molecule has 0 aromatic heterocycles. The predicted molar refractivity (Wildman–Crippen MR) is 181 cm³/mol. The van der Waals surface area contributed by atoms with Gasteiger partial charge in [-0.15, -0.1) is 11.8 Å². The molecule has 4 N–H and O–H groups in total. The van der Waals surface area contributed by atoms with Crippen molar-refractivity contribution in [1.82, 2.24) is 0 Å². The number of aliphatic imine (C=N–C) groups is 1. The molecule has 0 unspecified atom stereocenters. The second-order valence-corrected chi connectivity index (χ2v) is 14.6. The topological polar surface area (TPSA) is 183 Å². The predicted octanol–water partition coefficient (Wildman–Crippen LogP) is 3.40. The van der Waals surface area contributed by atoms with Crippen LogP contribution in [-0.4, -0.2) is 66.3 Å². The van der Waals surface area contributed by atoms with E-state index in [0.717, 1.165) is 13.5 Å². The summed E-state index contributed by atoms with van der Waals surface area (Å²) in [5, 5.41) is 2.84. The maximum Gasteiger partial charge on any atom is 0.264 e. The summed E-state index contributed by atoms with van der Waals surface area (Å²) < 4.78 is 62.5. The highest BCUT2D eigenvalue weighted by Crippen LogP contribution is 2.38. The van der Waals surface area contributed by atoms with E-state index < -0.39 is 45.0 Å². The largest absolute Gasteiger partial charge is 0.497 e. The third kappa shape index (κ3) is 7.66. The number of isothiocyanates is 1. The monoisotopic (exact) mass is 699 g/mol. The lowest BCUT2D eigenvalue weighted by Crippen LogP contribution is -2.39. The lowest BCUT2D eigenvalue weighted by molar-refractivity contribution is -0.117. The standard InChI is InChI=1S/C30H29N5O7S4/c1-42-21-6-10-23(11-7-21)45(38,39)34(18-29(31)36)27-14-15-28(26-5-3-2-4-25(26)27)35(19-30(32)37)46(40,41)24-12-8-22(9-13-24)44-17-16-33-20-43/h2-15H,16-19H2,1H3,(H2,31,36)(H2,32,37). The number of rotatable bonds is 15. The van der Waals surface area contributed by atoms with Crippen molar-refractivity contribution in [1.29, 1.82) is 0 Å². The molecule has 0 radical (unpaired) electrons. The first-order valence-corrected chi connectivity index (χ1v) is 17.7. The van der Waals surface area contributed by atoms with Crippen LogP contribution in [0.3, 0.4) is 0 Å². The molecule has 0 aliphatic carbocycles. The van der Waals surface area contributed by atoms with Gasteiger partial charge in [0.05, 0.1) is 40.0 Å². The number of thiocarbonyl (C=S) groups is 1. The third-order valence-electron chi connectivity index (χ3n) is 6.61. The highest BCUT2D eigenvalue weighted by Gasteiger charge is 2.31. The van der Waals surface area contributed by atoms with Crippen molar-refractivity contribution in [2.24, 2.45) is 16.5 Å². The number of methoxy groups -OCH3 is 1. The summed E-state index contributed by atoms with van der Waals surface area (Å²) in [6, 6.07) is 20.8. The molecule has 2 amide bonds. The van der Waals surface area contributed by atoms with E-state index in [1.165, 1.54) is 67.4 Å². The molecule has 0 spiro atoms. The number of hydrogen-bond donors (Lipinski definition) is 2. The number of carbonyl (C=O) groups is 2. The molecule has 240 valence electrons. The fourth-order valence-electron chi connectivity index (χ4n) is 4.55. The lowest BCUT2D eigenvalue weighted by atomic mass is 10.1. The molecule has 0 fully saturated rings. The molecule has 46 heavy (non-hydrogen) atoms. The molecule has 0 aliphatic rings. The van der Waals surface area contributed by atoms with E-state index in [9.17, 15) is 26.4 Å². The van der Waals surface area contributed by atoms with E-state index in [2.05, 4.69) is 22.4 Å². The van der Waals surface area contributed by atoms with Gasteiger partial charge in [0.15, 0.2) is 0 Å². The molecule has 0 saturated carbocycles. The summed E-state index contributed by atoms with van der Waals surface area (Å²) in [5.41, 5.74) is 11.1. The molecule has 12 nitrogen and oxygen atoms in total. The second-order valence-electron chi connectivity index (χ2n) is 9.57. The summed E-state index contributed by atoms with van der Waals surface area (Å²) in [4.78, 5) is 28.8. The maximum absolute atomic E-state index is 14.0. The Morgan fingerprint density at radius 3 is 1.65 bits per heavy atom. The number of amides is 2.